The molecule has 2 aromatic carbocycles. The highest BCUT2D eigenvalue weighted by atomic mass is 16.5. The molecule has 0 aliphatic heterocycles. The lowest BCUT2D eigenvalue weighted by molar-refractivity contribution is -0.123. The fourth-order valence-corrected chi connectivity index (χ4v) is 1.91. The van der Waals surface area contributed by atoms with Crippen LogP contribution in [0.2, 0.25) is 0 Å². The minimum absolute atomic E-state index is 0.152. The zero-order valence-corrected chi connectivity index (χ0v) is 13.7. The number of rotatable bonds is 8. The summed E-state index contributed by atoms with van der Waals surface area (Å²) in [5.74, 6) is 1.51. The van der Waals surface area contributed by atoms with Crippen LogP contribution in [-0.4, -0.2) is 32.4 Å². The van der Waals surface area contributed by atoms with Crippen LogP contribution in [0.1, 0.15) is 12.5 Å². The molecule has 0 fully saturated rings. The van der Waals surface area contributed by atoms with Crippen molar-refractivity contribution in [3.05, 3.63) is 54.1 Å². The number of methoxy groups -OCH3 is 1. The molecule has 2 aromatic rings. The molecular weight excluding hydrogens is 308 g/mol. The Labute approximate surface area is 141 Å². The number of nitrogens with zero attached hydrogens (tertiary/aromatic N) is 1. The van der Waals surface area contributed by atoms with Gasteiger partial charge in [0.2, 0.25) is 0 Å². The van der Waals surface area contributed by atoms with E-state index in [0.29, 0.717) is 18.1 Å². The summed E-state index contributed by atoms with van der Waals surface area (Å²) in [4.78, 5) is 11.7. The Kier molecular flexibility index (Phi) is 6.64. The van der Waals surface area contributed by atoms with E-state index in [0.717, 1.165) is 11.3 Å². The van der Waals surface area contributed by atoms with Crippen molar-refractivity contribution in [3.8, 4) is 17.2 Å². The van der Waals surface area contributed by atoms with E-state index in [1.807, 2.05) is 37.3 Å². The average molecular weight is 328 g/mol. The number of carbonyl (C=O) groups excluding carboxylic acids is 1. The predicted molar refractivity (Wildman–Crippen MR) is 91.8 cm³/mol. The monoisotopic (exact) mass is 328 g/mol. The molecular formula is C18H20N2O4. The Balaban J connectivity index is 1.80. The highest BCUT2D eigenvalue weighted by molar-refractivity contribution is 5.83. The summed E-state index contributed by atoms with van der Waals surface area (Å²) in [6, 6.07) is 14.5. The minimum atomic E-state index is -0.358. The molecule has 0 saturated heterocycles. The number of benzene rings is 2. The fourth-order valence-electron chi connectivity index (χ4n) is 1.91. The van der Waals surface area contributed by atoms with Gasteiger partial charge in [0.15, 0.2) is 18.1 Å². The van der Waals surface area contributed by atoms with Gasteiger partial charge in [-0.2, -0.15) is 5.10 Å². The maximum Gasteiger partial charge on any atom is 0.277 e. The molecule has 6 heteroatoms. The van der Waals surface area contributed by atoms with E-state index in [-0.39, 0.29) is 12.5 Å². The van der Waals surface area contributed by atoms with E-state index in [2.05, 4.69) is 10.5 Å². The summed E-state index contributed by atoms with van der Waals surface area (Å²) in [7, 11) is 1.55. The van der Waals surface area contributed by atoms with Gasteiger partial charge in [-0.25, -0.2) is 5.43 Å². The van der Waals surface area contributed by atoms with Crippen LogP contribution in [0.4, 0.5) is 0 Å². The summed E-state index contributed by atoms with van der Waals surface area (Å²) >= 11 is 0. The third kappa shape index (κ3) is 5.31. The van der Waals surface area contributed by atoms with E-state index >= 15 is 0 Å². The second-order valence-corrected chi connectivity index (χ2v) is 4.73. The van der Waals surface area contributed by atoms with Crippen LogP contribution < -0.4 is 19.6 Å². The smallest absolute Gasteiger partial charge is 0.277 e. The third-order valence-electron chi connectivity index (χ3n) is 3.02. The van der Waals surface area contributed by atoms with Crippen LogP contribution in [0.25, 0.3) is 0 Å². The number of amides is 1. The molecule has 1 amide bonds. The molecule has 0 aliphatic rings. The van der Waals surface area contributed by atoms with Crippen LogP contribution in [0.3, 0.4) is 0 Å². The fraction of sp³-hybridized carbons (Fsp3) is 0.222. The van der Waals surface area contributed by atoms with Crippen molar-refractivity contribution in [1.29, 1.82) is 0 Å². The lowest BCUT2D eigenvalue weighted by atomic mass is 10.2. The largest absolute Gasteiger partial charge is 0.494 e. The van der Waals surface area contributed by atoms with Crippen molar-refractivity contribution in [2.75, 3.05) is 20.3 Å². The molecule has 126 valence electrons. The standard InChI is InChI=1S/C18H20N2O4/c1-3-23-15-10-8-14(9-11-15)12-19-20-18(21)13-24-17-7-5-4-6-16(17)22-2/h4-12H,3,13H2,1-2H3,(H,20,21)/b19-12-. The van der Waals surface area contributed by atoms with Crippen LogP contribution in [0.15, 0.2) is 53.6 Å². The highest BCUT2D eigenvalue weighted by Gasteiger charge is 2.05. The number of hydrazone groups is 1. The second kappa shape index (κ2) is 9.19. The lowest BCUT2D eigenvalue weighted by Crippen LogP contribution is -2.24. The van der Waals surface area contributed by atoms with E-state index in [4.69, 9.17) is 14.2 Å². The van der Waals surface area contributed by atoms with Gasteiger partial charge in [0.1, 0.15) is 5.75 Å². The summed E-state index contributed by atoms with van der Waals surface area (Å²) in [5.41, 5.74) is 3.26. The Hall–Kier alpha value is -3.02. The molecule has 24 heavy (non-hydrogen) atoms. The van der Waals surface area contributed by atoms with Gasteiger partial charge < -0.3 is 14.2 Å². The zero-order chi connectivity index (χ0) is 17.2. The molecule has 0 saturated carbocycles. The van der Waals surface area contributed by atoms with Crippen molar-refractivity contribution >= 4 is 12.1 Å². The predicted octanol–water partition coefficient (Wildman–Crippen LogP) is 2.62. The molecule has 6 nitrogen and oxygen atoms in total. The number of hydrogen-bond donors (Lipinski definition) is 1. The van der Waals surface area contributed by atoms with Crippen molar-refractivity contribution < 1.29 is 19.0 Å². The molecule has 0 aliphatic carbocycles. The summed E-state index contributed by atoms with van der Waals surface area (Å²) in [6.07, 6.45) is 1.55. The maximum atomic E-state index is 11.7. The van der Waals surface area contributed by atoms with Gasteiger partial charge in [-0.3, -0.25) is 4.79 Å². The number of carbonyl (C=O) groups is 1. The molecule has 0 spiro atoms. The van der Waals surface area contributed by atoms with E-state index in [1.54, 1.807) is 31.5 Å². The Morgan fingerprint density at radius 3 is 2.46 bits per heavy atom. The van der Waals surface area contributed by atoms with Crippen molar-refractivity contribution in [2.24, 2.45) is 5.10 Å². The van der Waals surface area contributed by atoms with E-state index < -0.39 is 0 Å². The average Bonchev–Trinajstić information content (AvgIpc) is 2.62. The normalized spacial score (nSPS) is 10.4. The first-order chi connectivity index (χ1) is 11.7. The molecule has 0 aromatic heterocycles. The molecule has 0 unspecified atom stereocenters. The molecule has 1 N–H and O–H groups in total. The molecule has 0 atom stereocenters. The quantitative estimate of drug-likeness (QED) is 0.597. The molecule has 0 radical (unpaired) electrons. The van der Waals surface area contributed by atoms with Gasteiger partial charge in [0.25, 0.3) is 5.91 Å². The molecule has 2 rings (SSSR count). The van der Waals surface area contributed by atoms with Crippen molar-refractivity contribution in [1.82, 2.24) is 5.43 Å². The Morgan fingerprint density at radius 1 is 1.08 bits per heavy atom. The van der Waals surface area contributed by atoms with Gasteiger partial charge in [-0.05, 0) is 48.9 Å². The van der Waals surface area contributed by atoms with Gasteiger partial charge in [0, 0.05) is 0 Å². The number of para-hydroxylation sites is 2. The first-order valence-electron chi connectivity index (χ1n) is 7.53. The first kappa shape index (κ1) is 17.3. The topological polar surface area (TPSA) is 69.2 Å². The summed E-state index contributed by atoms with van der Waals surface area (Å²) in [5, 5.41) is 3.90. The van der Waals surface area contributed by atoms with Crippen LogP contribution >= 0.6 is 0 Å². The van der Waals surface area contributed by atoms with Crippen LogP contribution in [-0.2, 0) is 4.79 Å². The van der Waals surface area contributed by atoms with Crippen molar-refractivity contribution in [2.45, 2.75) is 6.92 Å². The number of nitrogens with one attached hydrogen (secondary N) is 1. The van der Waals surface area contributed by atoms with Gasteiger partial charge >= 0.3 is 0 Å². The number of ether oxygens (including phenoxy) is 3. The first-order valence-corrected chi connectivity index (χ1v) is 7.53. The van der Waals surface area contributed by atoms with Crippen LogP contribution in [0, 0.1) is 0 Å². The zero-order valence-electron chi connectivity index (χ0n) is 13.7. The van der Waals surface area contributed by atoms with E-state index in [1.165, 1.54) is 0 Å². The second-order valence-electron chi connectivity index (χ2n) is 4.73. The van der Waals surface area contributed by atoms with Crippen LogP contribution in [0.5, 0.6) is 17.2 Å². The lowest BCUT2D eigenvalue weighted by Gasteiger charge is -2.09. The summed E-state index contributed by atoms with van der Waals surface area (Å²) in [6.45, 7) is 2.40. The van der Waals surface area contributed by atoms with Gasteiger partial charge in [-0.15, -0.1) is 0 Å². The number of hydrogen-bond acceptors (Lipinski definition) is 5. The maximum absolute atomic E-state index is 11.7. The third-order valence-corrected chi connectivity index (χ3v) is 3.02. The SMILES string of the molecule is CCOc1ccc(/C=N\NC(=O)COc2ccccc2OC)cc1. The Bertz CT molecular complexity index is 684. The highest BCUT2D eigenvalue weighted by Crippen LogP contribution is 2.25. The minimum Gasteiger partial charge on any atom is -0.494 e. The molecule has 0 bridgehead atoms. The van der Waals surface area contributed by atoms with Gasteiger partial charge in [0.05, 0.1) is 19.9 Å². The Morgan fingerprint density at radius 2 is 1.79 bits per heavy atom. The van der Waals surface area contributed by atoms with Crippen molar-refractivity contribution in [3.63, 3.8) is 0 Å². The van der Waals surface area contributed by atoms with E-state index in [9.17, 15) is 4.79 Å². The molecule has 0 heterocycles. The summed E-state index contributed by atoms with van der Waals surface area (Å²) < 4.78 is 15.9. The van der Waals surface area contributed by atoms with Gasteiger partial charge in [-0.1, -0.05) is 12.1 Å².